The standard InChI is InChI=1S/C15H22N2O2S/c1-11(20(2)19)7-8-16-15(18)14-9-12-5-3-4-6-13(12)10-17-14/h3-6,11,14,17H,7-10H2,1-2H3,(H,16,18). The number of carbonyl (C=O) groups excluding carboxylic acids is 1. The number of rotatable bonds is 5. The lowest BCUT2D eigenvalue weighted by molar-refractivity contribution is -0.123. The van der Waals surface area contributed by atoms with Crippen molar-refractivity contribution in [3.63, 3.8) is 0 Å². The summed E-state index contributed by atoms with van der Waals surface area (Å²) < 4.78 is 11.2. The Bertz CT molecular complexity index is 504. The van der Waals surface area contributed by atoms with Gasteiger partial charge in [-0.15, -0.1) is 0 Å². The van der Waals surface area contributed by atoms with Gasteiger partial charge >= 0.3 is 0 Å². The Morgan fingerprint density at radius 2 is 2.15 bits per heavy atom. The van der Waals surface area contributed by atoms with E-state index in [1.165, 1.54) is 11.1 Å². The van der Waals surface area contributed by atoms with E-state index >= 15 is 0 Å². The fourth-order valence-electron chi connectivity index (χ4n) is 2.33. The molecule has 3 atom stereocenters. The van der Waals surface area contributed by atoms with Gasteiger partial charge in [-0.3, -0.25) is 9.00 Å². The normalized spacial score (nSPS) is 20.8. The average Bonchev–Trinajstić information content (AvgIpc) is 2.46. The molecule has 110 valence electrons. The Balaban J connectivity index is 1.81. The van der Waals surface area contributed by atoms with Gasteiger partial charge in [0.1, 0.15) is 0 Å². The first-order chi connectivity index (χ1) is 9.58. The van der Waals surface area contributed by atoms with Gasteiger partial charge in [0.15, 0.2) is 0 Å². The molecule has 0 spiro atoms. The van der Waals surface area contributed by atoms with E-state index in [9.17, 15) is 9.00 Å². The zero-order chi connectivity index (χ0) is 14.5. The summed E-state index contributed by atoms with van der Waals surface area (Å²) in [5.41, 5.74) is 2.51. The van der Waals surface area contributed by atoms with Gasteiger partial charge in [-0.2, -0.15) is 0 Å². The molecule has 0 fully saturated rings. The van der Waals surface area contributed by atoms with Gasteiger partial charge in [0.2, 0.25) is 5.91 Å². The Labute approximate surface area is 122 Å². The molecule has 0 saturated carbocycles. The monoisotopic (exact) mass is 294 g/mol. The molecule has 0 aliphatic carbocycles. The third-order valence-electron chi connectivity index (χ3n) is 3.81. The lowest BCUT2D eigenvalue weighted by Crippen LogP contribution is -2.48. The first-order valence-electron chi connectivity index (χ1n) is 6.98. The molecule has 3 unspecified atom stereocenters. The van der Waals surface area contributed by atoms with E-state index in [1.807, 2.05) is 19.1 Å². The van der Waals surface area contributed by atoms with Crippen molar-refractivity contribution in [2.75, 3.05) is 12.8 Å². The van der Waals surface area contributed by atoms with Gasteiger partial charge in [0.25, 0.3) is 0 Å². The summed E-state index contributed by atoms with van der Waals surface area (Å²) in [6.45, 7) is 3.26. The summed E-state index contributed by atoms with van der Waals surface area (Å²) in [5, 5.41) is 6.32. The van der Waals surface area contributed by atoms with Crippen LogP contribution in [0.25, 0.3) is 0 Å². The van der Waals surface area contributed by atoms with Crippen LogP contribution in [-0.4, -0.2) is 34.2 Å². The predicted octanol–water partition coefficient (Wildman–Crippen LogP) is 0.974. The minimum absolute atomic E-state index is 0.0357. The lowest BCUT2D eigenvalue weighted by atomic mass is 9.95. The number of amides is 1. The minimum Gasteiger partial charge on any atom is -0.355 e. The molecule has 0 bridgehead atoms. The number of benzene rings is 1. The first kappa shape index (κ1) is 15.2. The first-order valence-corrected chi connectivity index (χ1v) is 8.60. The van der Waals surface area contributed by atoms with Crippen LogP contribution in [0, 0.1) is 0 Å². The number of carbonyl (C=O) groups is 1. The smallest absolute Gasteiger partial charge is 0.237 e. The molecule has 0 radical (unpaired) electrons. The molecule has 0 aromatic heterocycles. The molecule has 1 aromatic carbocycles. The SMILES string of the molecule is CC(CCNC(=O)C1Cc2ccccc2CN1)S(C)=O. The molecule has 0 saturated heterocycles. The fraction of sp³-hybridized carbons (Fsp3) is 0.533. The number of hydrogen-bond donors (Lipinski definition) is 2. The number of fused-ring (bicyclic) bond motifs is 1. The summed E-state index contributed by atoms with van der Waals surface area (Å²) in [6, 6.07) is 8.05. The summed E-state index contributed by atoms with van der Waals surface area (Å²) in [4.78, 5) is 12.1. The van der Waals surface area contributed by atoms with Crippen LogP contribution in [0.2, 0.25) is 0 Å². The van der Waals surface area contributed by atoms with Crippen molar-refractivity contribution in [3.8, 4) is 0 Å². The highest BCUT2D eigenvalue weighted by Crippen LogP contribution is 2.16. The van der Waals surface area contributed by atoms with Crippen LogP contribution in [0.3, 0.4) is 0 Å². The topological polar surface area (TPSA) is 58.2 Å². The molecule has 20 heavy (non-hydrogen) atoms. The quantitative estimate of drug-likeness (QED) is 0.851. The van der Waals surface area contributed by atoms with Gasteiger partial charge in [0, 0.05) is 35.4 Å². The summed E-state index contributed by atoms with van der Waals surface area (Å²) in [6.07, 6.45) is 3.18. The number of hydrogen-bond acceptors (Lipinski definition) is 3. The van der Waals surface area contributed by atoms with Crippen LogP contribution in [0.4, 0.5) is 0 Å². The third kappa shape index (κ3) is 3.90. The summed E-state index contributed by atoms with van der Waals surface area (Å²) in [5.74, 6) is 0.0357. The average molecular weight is 294 g/mol. The Kier molecular flexibility index (Phi) is 5.31. The van der Waals surface area contributed by atoms with Crippen LogP contribution in [0.5, 0.6) is 0 Å². The van der Waals surface area contributed by atoms with E-state index in [4.69, 9.17) is 0 Å². The van der Waals surface area contributed by atoms with E-state index in [0.717, 1.165) is 19.4 Å². The fourth-order valence-corrected chi connectivity index (χ4v) is 2.78. The minimum atomic E-state index is -0.826. The van der Waals surface area contributed by atoms with E-state index in [0.29, 0.717) is 6.54 Å². The zero-order valence-electron chi connectivity index (χ0n) is 12.0. The predicted molar refractivity (Wildman–Crippen MR) is 81.9 cm³/mol. The molecular weight excluding hydrogens is 272 g/mol. The summed E-state index contributed by atoms with van der Waals surface area (Å²) >= 11 is 0. The van der Waals surface area contributed by atoms with Crippen molar-refractivity contribution >= 4 is 16.7 Å². The van der Waals surface area contributed by atoms with Crippen molar-refractivity contribution in [1.82, 2.24) is 10.6 Å². The zero-order valence-corrected chi connectivity index (χ0v) is 12.8. The van der Waals surface area contributed by atoms with Gasteiger partial charge in [-0.25, -0.2) is 0 Å². The molecule has 2 rings (SSSR count). The molecule has 1 aromatic rings. The van der Waals surface area contributed by atoms with Crippen LogP contribution >= 0.6 is 0 Å². The highest BCUT2D eigenvalue weighted by atomic mass is 32.2. The van der Waals surface area contributed by atoms with E-state index < -0.39 is 10.8 Å². The molecule has 1 amide bonds. The maximum Gasteiger partial charge on any atom is 0.237 e. The molecule has 1 aliphatic heterocycles. The highest BCUT2D eigenvalue weighted by molar-refractivity contribution is 7.84. The molecule has 2 N–H and O–H groups in total. The van der Waals surface area contributed by atoms with Crippen LogP contribution in [0.15, 0.2) is 24.3 Å². The highest BCUT2D eigenvalue weighted by Gasteiger charge is 2.23. The van der Waals surface area contributed by atoms with Gasteiger partial charge in [0.05, 0.1) is 6.04 Å². The van der Waals surface area contributed by atoms with Gasteiger partial charge in [-0.05, 0) is 24.0 Å². The largest absolute Gasteiger partial charge is 0.355 e. The van der Waals surface area contributed by atoms with Crippen molar-refractivity contribution in [3.05, 3.63) is 35.4 Å². The second-order valence-electron chi connectivity index (χ2n) is 5.30. The second kappa shape index (κ2) is 6.99. The molecule has 1 heterocycles. The molecule has 5 heteroatoms. The van der Waals surface area contributed by atoms with Gasteiger partial charge in [-0.1, -0.05) is 31.2 Å². The maximum atomic E-state index is 12.1. The van der Waals surface area contributed by atoms with E-state index in [-0.39, 0.29) is 17.2 Å². The van der Waals surface area contributed by atoms with Crippen molar-refractivity contribution in [1.29, 1.82) is 0 Å². The van der Waals surface area contributed by atoms with Crippen molar-refractivity contribution in [2.24, 2.45) is 0 Å². The third-order valence-corrected chi connectivity index (χ3v) is 5.18. The van der Waals surface area contributed by atoms with Gasteiger partial charge < -0.3 is 10.6 Å². The Morgan fingerprint density at radius 1 is 1.45 bits per heavy atom. The summed E-state index contributed by atoms with van der Waals surface area (Å²) in [7, 11) is -0.826. The van der Waals surface area contributed by atoms with E-state index in [2.05, 4.69) is 22.8 Å². The van der Waals surface area contributed by atoms with Crippen LogP contribution in [0.1, 0.15) is 24.5 Å². The Hall–Kier alpha value is -1.20. The molecule has 1 aliphatic rings. The van der Waals surface area contributed by atoms with Crippen LogP contribution < -0.4 is 10.6 Å². The van der Waals surface area contributed by atoms with Crippen LogP contribution in [-0.2, 0) is 28.6 Å². The van der Waals surface area contributed by atoms with Crippen molar-refractivity contribution < 1.29 is 9.00 Å². The van der Waals surface area contributed by atoms with Crippen molar-refractivity contribution in [2.45, 2.75) is 37.6 Å². The number of nitrogens with one attached hydrogen (secondary N) is 2. The lowest BCUT2D eigenvalue weighted by Gasteiger charge is -2.25. The maximum absolute atomic E-state index is 12.1. The molecular formula is C15H22N2O2S. The molecule has 4 nitrogen and oxygen atoms in total. The Morgan fingerprint density at radius 3 is 2.85 bits per heavy atom. The second-order valence-corrected chi connectivity index (χ2v) is 7.10. The van der Waals surface area contributed by atoms with E-state index in [1.54, 1.807) is 6.26 Å².